The van der Waals surface area contributed by atoms with Crippen molar-refractivity contribution < 1.29 is 4.92 Å². The van der Waals surface area contributed by atoms with Gasteiger partial charge in [0.05, 0.1) is 22.6 Å². The third-order valence-corrected chi connectivity index (χ3v) is 4.04. The molecule has 0 saturated carbocycles. The Morgan fingerprint density at radius 1 is 1.33 bits per heavy atom. The standard InChI is InChI=1S/C17H17ClN4O2/c1-21(2)17(13-5-3-4-6-14(13)18)11-20-15-8-7-12(10-19)9-16(15)22(23)24/h3-9,17,20H,11H2,1-2H3. The molecule has 0 aliphatic carbocycles. The summed E-state index contributed by atoms with van der Waals surface area (Å²) in [5, 5.41) is 23.9. The van der Waals surface area contributed by atoms with Gasteiger partial charge >= 0.3 is 0 Å². The number of anilines is 1. The first kappa shape index (κ1) is 17.7. The molecule has 2 aromatic carbocycles. The maximum atomic E-state index is 11.2. The van der Waals surface area contributed by atoms with E-state index in [0.29, 0.717) is 17.3 Å². The minimum atomic E-state index is -0.497. The molecule has 1 atom stereocenters. The monoisotopic (exact) mass is 344 g/mol. The van der Waals surface area contributed by atoms with Crippen molar-refractivity contribution in [1.29, 1.82) is 5.26 Å². The van der Waals surface area contributed by atoms with Gasteiger partial charge in [0.2, 0.25) is 0 Å². The van der Waals surface area contributed by atoms with Crippen LogP contribution in [0.25, 0.3) is 0 Å². The molecule has 2 aromatic rings. The van der Waals surface area contributed by atoms with E-state index in [1.54, 1.807) is 12.1 Å². The summed E-state index contributed by atoms with van der Waals surface area (Å²) >= 11 is 6.27. The zero-order chi connectivity index (χ0) is 17.7. The molecule has 0 fully saturated rings. The van der Waals surface area contributed by atoms with Gasteiger partial charge in [-0.2, -0.15) is 5.26 Å². The number of rotatable bonds is 6. The Bertz CT molecular complexity index is 786. The highest BCUT2D eigenvalue weighted by Gasteiger charge is 2.20. The van der Waals surface area contributed by atoms with Gasteiger partial charge < -0.3 is 10.2 Å². The SMILES string of the molecule is CN(C)C(CNc1ccc(C#N)cc1[N+](=O)[O-])c1ccccc1Cl. The summed E-state index contributed by atoms with van der Waals surface area (Å²) in [6.45, 7) is 0.434. The molecule has 0 aliphatic rings. The van der Waals surface area contributed by atoms with Crippen LogP contribution in [-0.2, 0) is 0 Å². The minimum absolute atomic E-state index is 0.0612. The maximum absolute atomic E-state index is 11.2. The van der Waals surface area contributed by atoms with Gasteiger partial charge in [0.15, 0.2) is 0 Å². The van der Waals surface area contributed by atoms with Gasteiger partial charge in [-0.05, 0) is 37.9 Å². The van der Waals surface area contributed by atoms with E-state index in [2.05, 4.69) is 5.32 Å². The van der Waals surface area contributed by atoms with Crippen molar-refractivity contribution in [1.82, 2.24) is 4.90 Å². The van der Waals surface area contributed by atoms with E-state index in [9.17, 15) is 10.1 Å². The molecular weight excluding hydrogens is 328 g/mol. The summed E-state index contributed by atoms with van der Waals surface area (Å²) in [6, 6.07) is 13.7. The van der Waals surface area contributed by atoms with Crippen molar-refractivity contribution in [3.8, 4) is 6.07 Å². The normalized spacial score (nSPS) is 11.8. The van der Waals surface area contributed by atoms with Crippen LogP contribution in [-0.4, -0.2) is 30.5 Å². The Morgan fingerprint density at radius 2 is 2.04 bits per heavy atom. The molecule has 2 rings (SSSR count). The Labute approximate surface area is 145 Å². The first-order valence-corrected chi connectivity index (χ1v) is 7.65. The van der Waals surface area contributed by atoms with E-state index in [1.165, 1.54) is 6.07 Å². The van der Waals surface area contributed by atoms with Gasteiger partial charge in [-0.1, -0.05) is 29.8 Å². The number of hydrogen-bond donors (Lipinski definition) is 1. The highest BCUT2D eigenvalue weighted by molar-refractivity contribution is 6.31. The maximum Gasteiger partial charge on any atom is 0.293 e. The lowest BCUT2D eigenvalue weighted by atomic mass is 10.1. The molecule has 0 bridgehead atoms. The van der Waals surface area contributed by atoms with E-state index < -0.39 is 4.92 Å². The number of nitro groups is 1. The Morgan fingerprint density at radius 3 is 2.62 bits per heavy atom. The molecule has 7 heteroatoms. The van der Waals surface area contributed by atoms with Gasteiger partial charge in [0, 0.05) is 17.6 Å². The number of hydrogen-bond acceptors (Lipinski definition) is 5. The van der Waals surface area contributed by atoms with Crippen molar-refractivity contribution in [2.75, 3.05) is 26.0 Å². The topological polar surface area (TPSA) is 82.2 Å². The highest BCUT2D eigenvalue weighted by atomic mass is 35.5. The second-order valence-corrected chi connectivity index (χ2v) is 5.89. The summed E-state index contributed by atoms with van der Waals surface area (Å²) in [4.78, 5) is 12.7. The molecular formula is C17H17ClN4O2. The van der Waals surface area contributed by atoms with Crippen LogP contribution in [0.5, 0.6) is 0 Å². The molecule has 24 heavy (non-hydrogen) atoms. The van der Waals surface area contributed by atoms with Crippen LogP contribution in [0.4, 0.5) is 11.4 Å². The molecule has 0 aliphatic heterocycles. The van der Waals surface area contributed by atoms with E-state index in [0.717, 1.165) is 5.56 Å². The van der Waals surface area contributed by atoms with Gasteiger partial charge in [-0.25, -0.2) is 0 Å². The largest absolute Gasteiger partial charge is 0.378 e. The molecule has 6 nitrogen and oxygen atoms in total. The minimum Gasteiger partial charge on any atom is -0.378 e. The Hall–Kier alpha value is -2.62. The highest BCUT2D eigenvalue weighted by Crippen LogP contribution is 2.29. The predicted octanol–water partition coefficient (Wildman–Crippen LogP) is 3.83. The van der Waals surface area contributed by atoms with E-state index >= 15 is 0 Å². The molecule has 1 N–H and O–H groups in total. The van der Waals surface area contributed by atoms with Crippen LogP contribution in [0.3, 0.4) is 0 Å². The molecule has 0 amide bonds. The van der Waals surface area contributed by atoms with Crippen molar-refractivity contribution >= 4 is 23.0 Å². The predicted molar refractivity (Wildman–Crippen MR) is 94.2 cm³/mol. The zero-order valence-electron chi connectivity index (χ0n) is 13.4. The fraction of sp³-hybridized carbons (Fsp3) is 0.235. The molecule has 124 valence electrons. The third kappa shape index (κ3) is 4.02. The number of nitriles is 1. The third-order valence-electron chi connectivity index (χ3n) is 3.70. The van der Waals surface area contributed by atoms with Crippen molar-refractivity contribution in [2.24, 2.45) is 0 Å². The molecule has 0 spiro atoms. The second kappa shape index (κ2) is 7.77. The van der Waals surface area contributed by atoms with E-state index in [1.807, 2.05) is 49.3 Å². The summed E-state index contributed by atoms with van der Waals surface area (Å²) < 4.78 is 0. The number of likely N-dealkylation sites (N-methyl/N-ethyl adjacent to an activating group) is 1. The molecule has 0 saturated heterocycles. The smallest absolute Gasteiger partial charge is 0.293 e. The number of nitrogens with zero attached hydrogens (tertiary/aromatic N) is 3. The van der Waals surface area contributed by atoms with Crippen LogP contribution < -0.4 is 5.32 Å². The van der Waals surface area contributed by atoms with Gasteiger partial charge in [-0.15, -0.1) is 0 Å². The van der Waals surface area contributed by atoms with Crippen LogP contribution >= 0.6 is 11.6 Å². The summed E-state index contributed by atoms with van der Waals surface area (Å²) in [7, 11) is 3.84. The molecule has 0 aromatic heterocycles. The first-order valence-electron chi connectivity index (χ1n) is 7.27. The Balaban J connectivity index is 2.26. The summed E-state index contributed by atoms with van der Waals surface area (Å²) in [5.41, 5.74) is 1.44. The fourth-order valence-electron chi connectivity index (χ4n) is 2.42. The Kier molecular flexibility index (Phi) is 5.74. The lowest BCUT2D eigenvalue weighted by Crippen LogP contribution is -2.27. The van der Waals surface area contributed by atoms with Crippen LogP contribution in [0.15, 0.2) is 42.5 Å². The number of nitro benzene ring substituents is 1. The average Bonchev–Trinajstić information content (AvgIpc) is 2.56. The number of nitrogens with one attached hydrogen (secondary N) is 1. The molecule has 0 radical (unpaired) electrons. The molecule has 0 heterocycles. The average molecular weight is 345 g/mol. The van der Waals surface area contributed by atoms with Crippen LogP contribution in [0, 0.1) is 21.4 Å². The van der Waals surface area contributed by atoms with Crippen molar-refractivity contribution in [3.63, 3.8) is 0 Å². The van der Waals surface area contributed by atoms with Crippen molar-refractivity contribution in [2.45, 2.75) is 6.04 Å². The van der Waals surface area contributed by atoms with Gasteiger partial charge in [-0.3, -0.25) is 10.1 Å². The molecule has 1 unspecified atom stereocenters. The number of halogens is 1. The van der Waals surface area contributed by atoms with Gasteiger partial charge in [0.25, 0.3) is 5.69 Å². The quantitative estimate of drug-likeness (QED) is 0.636. The lowest BCUT2D eigenvalue weighted by Gasteiger charge is -2.26. The summed E-state index contributed by atoms with van der Waals surface area (Å²) in [6.07, 6.45) is 0. The van der Waals surface area contributed by atoms with Gasteiger partial charge in [0.1, 0.15) is 5.69 Å². The van der Waals surface area contributed by atoms with Crippen molar-refractivity contribution in [3.05, 3.63) is 68.7 Å². The van der Waals surface area contributed by atoms with E-state index in [4.69, 9.17) is 16.9 Å². The van der Waals surface area contributed by atoms with Crippen LogP contribution in [0.2, 0.25) is 5.02 Å². The zero-order valence-corrected chi connectivity index (χ0v) is 14.1. The summed E-state index contributed by atoms with van der Waals surface area (Å²) in [5.74, 6) is 0. The lowest BCUT2D eigenvalue weighted by molar-refractivity contribution is -0.384. The van der Waals surface area contributed by atoms with Crippen LogP contribution in [0.1, 0.15) is 17.2 Å². The first-order chi connectivity index (χ1) is 11.4. The second-order valence-electron chi connectivity index (χ2n) is 5.48. The van der Waals surface area contributed by atoms with E-state index in [-0.39, 0.29) is 17.3 Å². The fourth-order valence-corrected chi connectivity index (χ4v) is 2.69. The number of benzene rings is 2.